The maximum Gasteiger partial charge on any atom is 0.226 e. The van der Waals surface area contributed by atoms with Gasteiger partial charge in [-0.1, -0.05) is 0 Å². The highest BCUT2D eigenvalue weighted by atomic mass is 19.1. The third-order valence-electron chi connectivity index (χ3n) is 4.72. The number of halogens is 1. The highest BCUT2D eigenvalue weighted by Crippen LogP contribution is 2.27. The summed E-state index contributed by atoms with van der Waals surface area (Å²) < 4.78 is 14.2. The SMILES string of the molecule is Cc1ccc(O)c(CN(C)C[C@@H]2C[C@H](F)CN2c2ccnc(N(C)C)n2)n1. The molecule has 0 saturated carbocycles. The Morgan fingerprint density at radius 2 is 2.00 bits per heavy atom. The first-order valence-corrected chi connectivity index (χ1v) is 9.08. The number of pyridine rings is 1. The summed E-state index contributed by atoms with van der Waals surface area (Å²) in [5, 5.41) is 10.0. The lowest BCUT2D eigenvalue weighted by molar-refractivity contribution is 0.282. The van der Waals surface area contributed by atoms with Crippen molar-refractivity contribution < 1.29 is 9.50 Å². The van der Waals surface area contributed by atoms with E-state index >= 15 is 0 Å². The van der Waals surface area contributed by atoms with Crippen molar-refractivity contribution in [2.75, 3.05) is 44.0 Å². The summed E-state index contributed by atoms with van der Waals surface area (Å²) in [7, 11) is 5.72. The molecule has 0 amide bonds. The van der Waals surface area contributed by atoms with Gasteiger partial charge in [-0.2, -0.15) is 4.98 Å². The second kappa shape index (κ2) is 8.04. The number of rotatable bonds is 6. The van der Waals surface area contributed by atoms with E-state index in [9.17, 15) is 9.50 Å². The van der Waals surface area contributed by atoms with Crippen LogP contribution < -0.4 is 9.80 Å². The summed E-state index contributed by atoms with van der Waals surface area (Å²) in [4.78, 5) is 19.1. The van der Waals surface area contributed by atoms with Crippen LogP contribution in [0.4, 0.5) is 16.2 Å². The number of alkyl halides is 1. The van der Waals surface area contributed by atoms with Gasteiger partial charge in [0.25, 0.3) is 0 Å². The van der Waals surface area contributed by atoms with Crippen LogP contribution in [0.3, 0.4) is 0 Å². The van der Waals surface area contributed by atoms with Crippen LogP contribution in [-0.4, -0.2) is 71.4 Å². The molecule has 0 bridgehead atoms. The molecule has 0 aromatic carbocycles. The molecule has 0 unspecified atom stereocenters. The van der Waals surface area contributed by atoms with Crippen molar-refractivity contribution in [3.63, 3.8) is 0 Å². The molecule has 1 fully saturated rings. The number of hydrogen-bond donors (Lipinski definition) is 1. The number of aromatic hydroxyl groups is 1. The van der Waals surface area contributed by atoms with E-state index in [1.165, 1.54) is 0 Å². The van der Waals surface area contributed by atoms with Crippen LogP contribution in [0.2, 0.25) is 0 Å². The third kappa shape index (κ3) is 4.63. The largest absolute Gasteiger partial charge is 0.506 e. The molecule has 2 aromatic heterocycles. The minimum Gasteiger partial charge on any atom is -0.506 e. The quantitative estimate of drug-likeness (QED) is 0.829. The third-order valence-corrected chi connectivity index (χ3v) is 4.72. The van der Waals surface area contributed by atoms with Gasteiger partial charge in [-0.05, 0) is 32.2 Å². The van der Waals surface area contributed by atoms with Gasteiger partial charge in [-0.25, -0.2) is 9.37 Å². The number of hydrogen-bond acceptors (Lipinski definition) is 7. The van der Waals surface area contributed by atoms with Gasteiger partial charge in [0.1, 0.15) is 17.7 Å². The molecule has 8 heteroatoms. The van der Waals surface area contributed by atoms with E-state index in [1.807, 2.05) is 43.9 Å². The van der Waals surface area contributed by atoms with E-state index in [0.717, 1.165) is 11.5 Å². The molecule has 0 radical (unpaired) electrons. The minimum atomic E-state index is -0.883. The summed E-state index contributed by atoms with van der Waals surface area (Å²) in [5.41, 5.74) is 1.50. The van der Waals surface area contributed by atoms with Crippen LogP contribution in [0.1, 0.15) is 17.8 Å². The Morgan fingerprint density at radius 1 is 1.22 bits per heavy atom. The predicted molar refractivity (Wildman–Crippen MR) is 104 cm³/mol. The summed E-state index contributed by atoms with van der Waals surface area (Å²) in [6.07, 6.45) is 1.28. The fourth-order valence-electron chi connectivity index (χ4n) is 3.43. The monoisotopic (exact) mass is 374 g/mol. The predicted octanol–water partition coefficient (Wildman–Crippen LogP) is 2.00. The lowest BCUT2D eigenvalue weighted by atomic mass is 10.2. The molecule has 1 aliphatic rings. The highest BCUT2D eigenvalue weighted by molar-refractivity contribution is 5.45. The number of aryl methyl sites for hydroxylation is 1. The van der Waals surface area contributed by atoms with Gasteiger partial charge in [-0.15, -0.1) is 0 Å². The summed E-state index contributed by atoms with van der Waals surface area (Å²) >= 11 is 0. The van der Waals surface area contributed by atoms with Gasteiger partial charge in [0, 0.05) is 51.5 Å². The minimum absolute atomic E-state index is 0.00173. The van der Waals surface area contributed by atoms with E-state index in [0.29, 0.717) is 37.7 Å². The first-order valence-electron chi connectivity index (χ1n) is 9.08. The van der Waals surface area contributed by atoms with Gasteiger partial charge in [0.15, 0.2) is 0 Å². The summed E-state index contributed by atoms with van der Waals surface area (Å²) in [6, 6.07) is 5.27. The van der Waals surface area contributed by atoms with E-state index in [-0.39, 0.29) is 11.8 Å². The van der Waals surface area contributed by atoms with Crippen LogP contribution in [0.25, 0.3) is 0 Å². The molecule has 0 aliphatic carbocycles. The molecule has 1 N–H and O–H groups in total. The fraction of sp³-hybridized carbons (Fsp3) is 0.526. The molecule has 3 rings (SSSR count). The van der Waals surface area contributed by atoms with Crippen LogP contribution in [0, 0.1) is 6.92 Å². The molecule has 2 atom stereocenters. The Morgan fingerprint density at radius 3 is 2.74 bits per heavy atom. The standard InChI is InChI=1S/C19H27FN6O/c1-13-5-6-17(27)16(22-13)12-25(4)11-15-9-14(20)10-26(15)18-7-8-21-19(23-18)24(2)3/h5-8,14-15,27H,9-12H2,1-4H3/t14-,15-/m0/s1. The van der Waals surface area contributed by atoms with Crippen LogP contribution in [0.5, 0.6) is 5.75 Å². The molecular weight excluding hydrogens is 347 g/mol. The van der Waals surface area contributed by atoms with E-state index in [1.54, 1.807) is 18.3 Å². The first-order chi connectivity index (χ1) is 12.8. The molecule has 0 spiro atoms. The smallest absolute Gasteiger partial charge is 0.226 e. The zero-order chi connectivity index (χ0) is 19.6. The Kier molecular flexibility index (Phi) is 5.74. The van der Waals surface area contributed by atoms with Gasteiger partial charge >= 0.3 is 0 Å². The number of nitrogens with zero attached hydrogens (tertiary/aromatic N) is 6. The zero-order valence-corrected chi connectivity index (χ0v) is 16.3. The Labute approximate surface area is 159 Å². The molecular formula is C19H27FN6O. The lowest BCUT2D eigenvalue weighted by Crippen LogP contribution is -2.39. The van der Waals surface area contributed by atoms with Crippen molar-refractivity contribution in [2.45, 2.75) is 32.1 Å². The average Bonchev–Trinajstić information content (AvgIpc) is 2.98. The molecule has 7 nitrogen and oxygen atoms in total. The first kappa shape index (κ1) is 19.3. The van der Waals surface area contributed by atoms with Crippen molar-refractivity contribution in [1.82, 2.24) is 19.9 Å². The second-order valence-electron chi connectivity index (χ2n) is 7.36. The van der Waals surface area contributed by atoms with E-state index < -0.39 is 6.17 Å². The highest BCUT2D eigenvalue weighted by Gasteiger charge is 2.34. The van der Waals surface area contributed by atoms with Crippen LogP contribution in [-0.2, 0) is 6.54 Å². The average molecular weight is 374 g/mol. The fourth-order valence-corrected chi connectivity index (χ4v) is 3.43. The van der Waals surface area contributed by atoms with Gasteiger partial charge < -0.3 is 14.9 Å². The molecule has 3 heterocycles. The van der Waals surface area contributed by atoms with E-state index in [4.69, 9.17) is 0 Å². The molecule has 146 valence electrons. The van der Waals surface area contributed by atoms with Crippen molar-refractivity contribution in [2.24, 2.45) is 0 Å². The van der Waals surface area contributed by atoms with Crippen molar-refractivity contribution in [3.8, 4) is 5.75 Å². The Balaban J connectivity index is 1.72. The summed E-state index contributed by atoms with van der Waals surface area (Å²) in [5.74, 6) is 1.53. The maximum absolute atomic E-state index is 14.2. The second-order valence-corrected chi connectivity index (χ2v) is 7.36. The zero-order valence-electron chi connectivity index (χ0n) is 16.3. The van der Waals surface area contributed by atoms with Crippen molar-refractivity contribution in [3.05, 3.63) is 35.8 Å². The normalized spacial score (nSPS) is 19.7. The molecule has 27 heavy (non-hydrogen) atoms. The van der Waals surface area contributed by atoms with E-state index in [2.05, 4.69) is 19.9 Å². The molecule has 1 aliphatic heterocycles. The molecule has 1 saturated heterocycles. The number of likely N-dealkylation sites (N-methyl/N-ethyl adjacent to an activating group) is 1. The lowest BCUT2D eigenvalue weighted by Gasteiger charge is -2.29. The number of anilines is 2. The van der Waals surface area contributed by atoms with Gasteiger partial charge in [-0.3, -0.25) is 9.88 Å². The number of aromatic nitrogens is 3. The maximum atomic E-state index is 14.2. The van der Waals surface area contributed by atoms with Crippen LogP contribution >= 0.6 is 0 Å². The van der Waals surface area contributed by atoms with Crippen molar-refractivity contribution >= 4 is 11.8 Å². The van der Waals surface area contributed by atoms with Gasteiger partial charge in [0.05, 0.1) is 12.2 Å². The van der Waals surface area contributed by atoms with Crippen LogP contribution in [0.15, 0.2) is 24.4 Å². The van der Waals surface area contributed by atoms with Crippen molar-refractivity contribution in [1.29, 1.82) is 0 Å². The topological polar surface area (TPSA) is 68.6 Å². The Bertz CT molecular complexity index is 787. The Hall–Kier alpha value is -2.48. The molecule has 2 aromatic rings. The summed E-state index contributed by atoms with van der Waals surface area (Å²) in [6.45, 7) is 3.38. The van der Waals surface area contributed by atoms with Gasteiger partial charge in [0.2, 0.25) is 5.95 Å².